The van der Waals surface area contributed by atoms with E-state index in [9.17, 15) is 0 Å². The van der Waals surface area contributed by atoms with E-state index in [4.69, 9.17) is 0 Å². The SMILES string of the molecule is Cc1ccc(N(c2ccc(C)cc2)c2ccc(C=Cc3cccc(C=Cc4ccc(N(c5ccc(C)cc5)c5ccc(C)cc5)cc4C)c3)c(C)c2)cc1. The molecule has 0 saturated heterocycles. The average Bonchev–Trinajstić information content (AvgIpc) is 3.17. The fraction of sp³-hybridized carbons (Fsp3) is 0.115. The van der Waals surface area contributed by atoms with Crippen LogP contribution in [0.3, 0.4) is 0 Å². The third-order valence-electron chi connectivity index (χ3n) is 10.0. The Kier molecular flexibility index (Phi) is 10.7. The summed E-state index contributed by atoms with van der Waals surface area (Å²) in [7, 11) is 0. The molecule has 54 heavy (non-hydrogen) atoms. The lowest BCUT2D eigenvalue weighted by Crippen LogP contribution is -2.10. The predicted molar refractivity (Wildman–Crippen MR) is 235 cm³/mol. The van der Waals surface area contributed by atoms with Gasteiger partial charge in [0, 0.05) is 34.1 Å². The second-order valence-electron chi connectivity index (χ2n) is 14.4. The van der Waals surface area contributed by atoms with E-state index in [1.165, 1.54) is 55.6 Å². The highest BCUT2D eigenvalue weighted by atomic mass is 15.1. The van der Waals surface area contributed by atoms with Crippen molar-refractivity contribution in [3.63, 3.8) is 0 Å². The lowest BCUT2D eigenvalue weighted by Gasteiger charge is -2.26. The quantitative estimate of drug-likeness (QED) is 0.131. The molecule has 7 rings (SSSR count). The van der Waals surface area contributed by atoms with E-state index in [-0.39, 0.29) is 0 Å². The summed E-state index contributed by atoms with van der Waals surface area (Å²) in [4.78, 5) is 4.66. The standard InChI is InChI=1S/C52H48N2/c1-37-10-24-47(25-11-37)53(48-26-12-38(2)13-27-48)51-32-22-45(41(5)34-51)20-18-43-8-7-9-44(36-43)19-21-46-23-33-52(35-42(46)6)54(49-28-14-39(3)15-29-49)50-30-16-40(4)17-31-50/h7-36H,1-6H3. The van der Waals surface area contributed by atoms with E-state index in [0.717, 1.165) is 34.1 Å². The molecule has 0 radical (unpaired) electrons. The van der Waals surface area contributed by atoms with Crippen LogP contribution in [-0.4, -0.2) is 0 Å². The smallest absolute Gasteiger partial charge is 0.0464 e. The minimum absolute atomic E-state index is 1.14. The van der Waals surface area contributed by atoms with Crippen molar-refractivity contribution in [3.8, 4) is 0 Å². The van der Waals surface area contributed by atoms with Gasteiger partial charge < -0.3 is 9.80 Å². The maximum Gasteiger partial charge on any atom is 0.0464 e. The first-order valence-electron chi connectivity index (χ1n) is 18.7. The highest BCUT2D eigenvalue weighted by Gasteiger charge is 2.15. The largest absolute Gasteiger partial charge is 0.310 e. The molecular weight excluding hydrogens is 653 g/mol. The molecule has 2 heteroatoms. The lowest BCUT2D eigenvalue weighted by molar-refractivity contribution is 1.25. The first kappa shape index (κ1) is 36.0. The zero-order valence-electron chi connectivity index (χ0n) is 32.2. The van der Waals surface area contributed by atoms with Crippen molar-refractivity contribution in [1.82, 2.24) is 0 Å². The Bertz CT molecular complexity index is 2150. The van der Waals surface area contributed by atoms with Gasteiger partial charge in [-0.1, -0.05) is 125 Å². The van der Waals surface area contributed by atoms with Crippen molar-refractivity contribution < 1.29 is 0 Å². The number of benzene rings is 7. The molecule has 0 aliphatic rings. The summed E-state index contributed by atoms with van der Waals surface area (Å²) in [5.74, 6) is 0. The Morgan fingerprint density at radius 1 is 0.296 bits per heavy atom. The predicted octanol–water partition coefficient (Wildman–Crippen LogP) is 14.8. The van der Waals surface area contributed by atoms with Gasteiger partial charge in [0.2, 0.25) is 0 Å². The summed E-state index contributed by atoms with van der Waals surface area (Å²) in [6, 6.07) is 57.2. The van der Waals surface area contributed by atoms with E-state index in [0.29, 0.717) is 0 Å². The third-order valence-corrected chi connectivity index (χ3v) is 10.0. The molecule has 0 unspecified atom stereocenters. The van der Waals surface area contributed by atoms with E-state index >= 15 is 0 Å². The van der Waals surface area contributed by atoms with Gasteiger partial charge in [-0.2, -0.15) is 0 Å². The maximum atomic E-state index is 2.33. The van der Waals surface area contributed by atoms with Gasteiger partial charge in [0.1, 0.15) is 0 Å². The van der Waals surface area contributed by atoms with Gasteiger partial charge in [0.05, 0.1) is 0 Å². The highest BCUT2D eigenvalue weighted by molar-refractivity contribution is 5.82. The van der Waals surface area contributed by atoms with Gasteiger partial charge >= 0.3 is 0 Å². The number of rotatable bonds is 10. The molecule has 0 aliphatic carbocycles. The summed E-state index contributed by atoms with van der Waals surface area (Å²) in [5, 5.41) is 0. The van der Waals surface area contributed by atoms with Gasteiger partial charge in [-0.15, -0.1) is 0 Å². The Morgan fingerprint density at radius 2 is 0.593 bits per heavy atom. The van der Waals surface area contributed by atoms with Crippen molar-refractivity contribution in [2.45, 2.75) is 41.5 Å². The summed E-state index contributed by atoms with van der Waals surface area (Å²) >= 11 is 0. The van der Waals surface area contributed by atoms with Crippen LogP contribution in [0, 0.1) is 41.5 Å². The van der Waals surface area contributed by atoms with Crippen LogP contribution in [0.5, 0.6) is 0 Å². The number of nitrogens with zero attached hydrogens (tertiary/aromatic N) is 2. The Labute approximate surface area is 322 Å². The Hall–Kier alpha value is -6.38. The molecule has 2 nitrogen and oxygen atoms in total. The van der Waals surface area contributed by atoms with Crippen molar-refractivity contribution in [2.24, 2.45) is 0 Å². The summed E-state index contributed by atoms with van der Waals surface area (Å²) in [6.45, 7) is 12.9. The van der Waals surface area contributed by atoms with E-state index in [1.54, 1.807) is 0 Å². The van der Waals surface area contributed by atoms with Crippen molar-refractivity contribution in [3.05, 3.63) is 213 Å². The van der Waals surface area contributed by atoms with Crippen LogP contribution in [0.1, 0.15) is 55.6 Å². The van der Waals surface area contributed by atoms with Crippen LogP contribution >= 0.6 is 0 Å². The number of anilines is 6. The zero-order chi connectivity index (χ0) is 37.6. The van der Waals surface area contributed by atoms with Crippen LogP contribution in [0.2, 0.25) is 0 Å². The van der Waals surface area contributed by atoms with Crippen molar-refractivity contribution >= 4 is 58.4 Å². The van der Waals surface area contributed by atoms with Gasteiger partial charge in [-0.25, -0.2) is 0 Å². The zero-order valence-corrected chi connectivity index (χ0v) is 32.2. The van der Waals surface area contributed by atoms with Crippen LogP contribution in [0.25, 0.3) is 24.3 Å². The monoisotopic (exact) mass is 700 g/mol. The molecule has 0 spiro atoms. The minimum atomic E-state index is 1.14. The molecule has 0 saturated carbocycles. The summed E-state index contributed by atoms with van der Waals surface area (Å²) in [5.41, 5.74) is 19.1. The fourth-order valence-corrected chi connectivity index (χ4v) is 6.78. The van der Waals surface area contributed by atoms with E-state index < -0.39 is 0 Å². The topological polar surface area (TPSA) is 6.48 Å². The Balaban J connectivity index is 1.09. The molecule has 0 atom stereocenters. The van der Waals surface area contributed by atoms with E-state index in [2.05, 4.69) is 233 Å². The fourth-order valence-electron chi connectivity index (χ4n) is 6.78. The highest BCUT2D eigenvalue weighted by Crippen LogP contribution is 2.37. The second-order valence-corrected chi connectivity index (χ2v) is 14.4. The molecule has 0 aliphatic heterocycles. The molecular formula is C52H48N2. The summed E-state index contributed by atoms with van der Waals surface area (Å²) < 4.78 is 0. The molecule has 0 bridgehead atoms. The van der Waals surface area contributed by atoms with Crippen molar-refractivity contribution in [1.29, 1.82) is 0 Å². The normalized spacial score (nSPS) is 11.4. The molecule has 266 valence electrons. The van der Waals surface area contributed by atoms with Crippen molar-refractivity contribution in [2.75, 3.05) is 9.80 Å². The first-order chi connectivity index (χ1) is 26.2. The van der Waals surface area contributed by atoms with Gasteiger partial charge in [-0.05, 0) is 154 Å². The van der Waals surface area contributed by atoms with Crippen LogP contribution in [0.4, 0.5) is 34.1 Å². The number of hydrogen-bond donors (Lipinski definition) is 0. The molecule has 0 amide bonds. The molecule has 0 heterocycles. The maximum absolute atomic E-state index is 2.33. The molecule has 0 N–H and O–H groups in total. The Morgan fingerprint density at radius 3 is 0.889 bits per heavy atom. The molecule has 0 fully saturated rings. The second kappa shape index (κ2) is 16.1. The molecule has 7 aromatic carbocycles. The average molecular weight is 701 g/mol. The molecule has 7 aromatic rings. The van der Waals surface area contributed by atoms with Gasteiger partial charge in [0.25, 0.3) is 0 Å². The minimum Gasteiger partial charge on any atom is -0.310 e. The van der Waals surface area contributed by atoms with E-state index in [1.807, 2.05) is 0 Å². The number of hydrogen-bond acceptors (Lipinski definition) is 2. The number of aryl methyl sites for hydroxylation is 6. The van der Waals surface area contributed by atoms with Crippen LogP contribution < -0.4 is 9.80 Å². The van der Waals surface area contributed by atoms with Crippen LogP contribution in [0.15, 0.2) is 158 Å². The van der Waals surface area contributed by atoms with Gasteiger partial charge in [-0.3, -0.25) is 0 Å². The van der Waals surface area contributed by atoms with Gasteiger partial charge in [0.15, 0.2) is 0 Å². The lowest BCUT2D eigenvalue weighted by atomic mass is 10.0. The third kappa shape index (κ3) is 8.46. The molecule has 0 aromatic heterocycles. The summed E-state index contributed by atoms with van der Waals surface area (Å²) in [6.07, 6.45) is 8.87. The van der Waals surface area contributed by atoms with Crippen LogP contribution in [-0.2, 0) is 0 Å². The first-order valence-corrected chi connectivity index (χ1v) is 18.7.